The third-order valence-corrected chi connectivity index (χ3v) is 3.82. The maximum absolute atomic E-state index is 12.1. The summed E-state index contributed by atoms with van der Waals surface area (Å²) in [7, 11) is 0. The molecule has 98 valence electrons. The van der Waals surface area contributed by atoms with Crippen LogP contribution in [0.4, 0.5) is 5.69 Å². The Morgan fingerprint density at radius 3 is 2.83 bits per heavy atom. The van der Waals surface area contributed by atoms with Crippen molar-refractivity contribution in [2.75, 3.05) is 18.4 Å². The lowest BCUT2D eigenvalue weighted by Crippen LogP contribution is -3.17. The van der Waals surface area contributed by atoms with Gasteiger partial charge in [-0.25, -0.2) is 4.98 Å². The first-order valence-corrected chi connectivity index (χ1v) is 6.82. The molecule has 2 heterocycles. The first-order chi connectivity index (χ1) is 8.68. The zero-order valence-electron chi connectivity index (χ0n) is 10.6. The van der Waals surface area contributed by atoms with E-state index in [-0.39, 0.29) is 11.9 Å². The molecule has 1 aliphatic heterocycles. The second-order valence-corrected chi connectivity index (χ2v) is 5.13. The number of aromatic nitrogens is 1. The highest BCUT2D eigenvalue weighted by Gasteiger charge is 2.26. The van der Waals surface area contributed by atoms with Crippen molar-refractivity contribution in [3.05, 3.63) is 23.5 Å². The Labute approximate surface area is 112 Å². The maximum atomic E-state index is 12.1. The molecule has 0 aliphatic carbocycles. The minimum Gasteiger partial charge on any atom is -0.325 e. The normalized spacial score (nSPS) is 18.3. The molecular weight excluding hydrogens is 250 g/mol. The highest BCUT2D eigenvalue weighted by Crippen LogP contribution is 2.17. The minimum absolute atomic E-state index is 0.0156. The van der Waals surface area contributed by atoms with Gasteiger partial charge in [-0.05, 0) is 38.3 Å². The van der Waals surface area contributed by atoms with Gasteiger partial charge in [0.05, 0.1) is 18.8 Å². The smallest absolute Gasteiger partial charge is 0.282 e. The van der Waals surface area contributed by atoms with Crippen molar-refractivity contribution in [2.45, 2.75) is 32.2 Å². The fourth-order valence-corrected chi connectivity index (χ4v) is 2.51. The number of pyridine rings is 1. The number of anilines is 1. The molecule has 1 fully saturated rings. The molecule has 1 aliphatic rings. The van der Waals surface area contributed by atoms with Crippen LogP contribution in [-0.4, -0.2) is 30.0 Å². The first-order valence-electron chi connectivity index (χ1n) is 6.44. The van der Waals surface area contributed by atoms with Crippen LogP contribution in [0.25, 0.3) is 0 Å². The number of hydrogen-bond donors (Lipinski definition) is 2. The Kier molecular flexibility index (Phi) is 4.55. The van der Waals surface area contributed by atoms with Crippen LogP contribution in [0.3, 0.4) is 0 Å². The molecule has 4 nitrogen and oxygen atoms in total. The summed E-state index contributed by atoms with van der Waals surface area (Å²) in [6.45, 7) is 4.13. The van der Waals surface area contributed by atoms with Crippen LogP contribution >= 0.6 is 11.6 Å². The Bertz CT molecular complexity index is 418. The molecule has 1 saturated heterocycles. The van der Waals surface area contributed by atoms with E-state index in [0.717, 1.165) is 13.1 Å². The average Bonchev–Trinajstić information content (AvgIpc) is 2.41. The monoisotopic (exact) mass is 268 g/mol. The predicted octanol–water partition coefficient (Wildman–Crippen LogP) is 1.13. The van der Waals surface area contributed by atoms with Crippen LogP contribution in [0.2, 0.25) is 5.15 Å². The van der Waals surface area contributed by atoms with Gasteiger partial charge in [0.1, 0.15) is 0 Å². The van der Waals surface area contributed by atoms with Gasteiger partial charge < -0.3 is 10.2 Å². The molecular formula is C13H19ClN3O+. The van der Waals surface area contributed by atoms with Gasteiger partial charge in [0.15, 0.2) is 11.2 Å². The van der Waals surface area contributed by atoms with Crippen molar-refractivity contribution in [3.63, 3.8) is 0 Å². The van der Waals surface area contributed by atoms with E-state index in [9.17, 15) is 4.79 Å². The molecule has 2 rings (SSSR count). The Morgan fingerprint density at radius 1 is 1.44 bits per heavy atom. The van der Waals surface area contributed by atoms with E-state index in [1.807, 2.05) is 6.92 Å². The van der Waals surface area contributed by atoms with Gasteiger partial charge in [-0.15, -0.1) is 0 Å². The summed E-state index contributed by atoms with van der Waals surface area (Å²) in [4.78, 5) is 17.5. The van der Waals surface area contributed by atoms with E-state index in [2.05, 4.69) is 10.3 Å². The van der Waals surface area contributed by atoms with E-state index in [1.54, 1.807) is 18.3 Å². The Balaban J connectivity index is 1.97. The number of rotatable bonds is 3. The number of piperidine rings is 1. The maximum Gasteiger partial charge on any atom is 0.282 e. The SMILES string of the molecule is C[C@H](C(=O)Nc1cccnc1Cl)[NH+]1CCCCC1. The number of nitrogens with one attached hydrogen (secondary N) is 2. The molecule has 1 aromatic rings. The second-order valence-electron chi connectivity index (χ2n) is 4.77. The number of amides is 1. The molecule has 0 unspecified atom stereocenters. The third-order valence-electron chi connectivity index (χ3n) is 3.52. The van der Waals surface area contributed by atoms with Crippen molar-refractivity contribution in [2.24, 2.45) is 0 Å². The van der Waals surface area contributed by atoms with E-state index in [0.29, 0.717) is 10.8 Å². The number of likely N-dealkylation sites (tertiary alicyclic amines) is 1. The number of quaternary nitrogens is 1. The summed E-state index contributed by atoms with van der Waals surface area (Å²) in [6.07, 6.45) is 5.31. The Hall–Kier alpha value is -1.13. The van der Waals surface area contributed by atoms with Gasteiger partial charge >= 0.3 is 0 Å². The fraction of sp³-hybridized carbons (Fsp3) is 0.538. The van der Waals surface area contributed by atoms with Crippen molar-refractivity contribution >= 4 is 23.2 Å². The molecule has 1 aromatic heterocycles. The fourth-order valence-electron chi connectivity index (χ4n) is 2.34. The average molecular weight is 269 g/mol. The van der Waals surface area contributed by atoms with Crippen molar-refractivity contribution in [1.82, 2.24) is 4.98 Å². The lowest BCUT2D eigenvalue weighted by atomic mass is 10.1. The molecule has 2 N–H and O–H groups in total. The molecule has 1 amide bonds. The molecule has 1 atom stereocenters. The summed E-state index contributed by atoms with van der Waals surface area (Å²) >= 11 is 5.93. The van der Waals surface area contributed by atoms with Gasteiger partial charge in [0, 0.05) is 6.20 Å². The second kappa shape index (κ2) is 6.16. The molecule has 0 spiro atoms. The number of hydrogen-bond acceptors (Lipinski definition) is 2. The topological polar surface area (TPSA) is 46.4 Å². The zero-order chi connectivity index (χ0) is 13.0. The third kappa shape index (κ3) is 3.21. The molecule has 0 radical (unpaired) electrons. The van der Waals surface area contributed by atoms with Gasteiger partial charge in [-0.1, -0.05) is 11.6 Å². The summed E-state index contributed by atoms with van der Waals surface area (Å²) in [5, 5.41) is 3.19. The summed E-state index contributed by atoms with van der Waals surface area (Å²) < 4.78 is 0. The van der Waals surface area contributed by atoms with Crippen LogP contribution in [-0.2, 0) is 4.79 Å². The van der Waals surface area contributed by atoms with Gasteiger partial charge in [-0.2, -0.15) is 0 Å². The number of carbonyl (C=O) groups excluding carboxylic acids is 1. The standard InChI is InChI=1S/C13H18ClN3O/c1-10(17-8-3-2-4-9-17)13(18)16-11-6-5-7-15-12(11)14/h5-7,10H,2-4,8-9H2,1H3,(H,16,18)/p+1/t10-/m1/s1. The van der Waals surface area contributed by atoms with Crippen LogP contribution in [0.1, 0.15) is 26.2 Å². The Morgan fingerprint density at radius 2 is 2.17 bits per heavy atom. The van der Waals surface area contributed by atoms with E-state index >= 15 is 0 Å². The highest BCUT2D eigenvalue weighted by atomic mass is 35.5. The van der Waals surface area contributed by atoms with Crippen molar-refractivity contribution < 1.29 is 9.69 Å². The molecule has 18 heavy (non-hydrogen) atoms. The number of nitrogens with zero attached hydrogens (tertiary/aromatic N) is 1. The van der Waals surface area contributed by atoms with E-state index in [4.69, 9.17) is 11.6 Å². The molecule has 0 aromatic carbocycles. The van der Waals surface area contributed by atoms with E-state index < -0.39 is 0 Å². The lowest BCUT2D eigenvalue weighted by molar-refractivity contribution is -0.918. The van der Waals surface area contributed by atoms with Crippen LogP contribution in [0.15, 0.2) is 18.3 Å². The molecule has 5 heteroatoms. The number of halogens is 1. The largest absolute Gasteiger partial charge is 0.325 e. The predicted molar refractivity (Wildman–Crippen MR) is 71.9 cm³/mol. The highest BCUT2D eigenvalue weighted by molar-refractivity contribution is 6.32. The minimum atomic E-state index is -0.0402. The number of carbonyl (C=O) groups is 1. The summed E-state index contributed by atoms with van der Waals surface area (Å²) in [5.74, 6) is 0.0156. The lowest BCUT2D eigenvalue weighted by Gasteiger charge is -2.28. The summed E-state index contributed by atoms with van der Waals surface area (Å²) in [6, 6.07) is 3.49. The van der Waals surface area contributed by atoms with Crippen molar-refractivity contribution in [1.29, 1.82) is 0 Å². The van der Waals surface area contributed by atoms with Crippen LogP contribution in [0, 0.1) is 0 Å². The van der Waals surface area contributed by atoms with Crippen LogP contribution in [0.5, 0.6) is 0 Å². The van der Waals surface area contributed by atoms with Crippen molar-refractivity contribution in [3.8, 4) is 0 Å². The summed E-state index contributed by atoms with van der Waals surface area (Å²) in [5.41, 5.74) is 0.590. The van der Waals surface area contributed by atoms with Gasteiger partial charge in [-0.3, -0.25) is 4.79 Å². The first kappa shape index (κ1) is 13.3. The molecule has 0 bridgehead atoms. The zero-order valence-corrected chi connectivity index (χ0v) is 11.3. The van der Waals surface area contributed by atoms with Gasteiger partial charge in [0.25, 0.3) is 5.91 Å². The van der Waals surface area contributed by atoms with Crippen LogP contribution < -0.4 is 10.2 Å². The quantitative estimate of drug-likeness (QED) is 0.808. The molecule has 0 saturated carbocycles. The van der Waals surface area contributed by atoms with E-state index in [1.165, 1.54) is 24.2 Å². The van der Waals surface area contributed by atoms with Gasteiger partial charge in [0.2, 0.25) is 0 Å².